The van der Waals surface area contributed by atoms with Gasteiger partial charge in [0, 0.05) is 34.5 Å². The highest BCUT2D eigenvalue weighted by Crippen LogP contribution is 2.26. The maximum Gasteiger partial charge on any atom is 0.188 e. The monoisotopic (exact) mass is 333 g/mol. The van der Waals surface area contributed by atoms with Crippen molar-refractivity contribution in [3.63, 3.8) is 0 Å². The van der Waals surface area contributed by atoms with Gasteiger partial charge in [-0.2, -0.15) is 0 Å². The number of likely N-dealkylation sites (N-methyl/N-ethyl adjacent to an activating group) is 1. The van der Waals surface area contributed by atoms with Gasteiger partial charge in [-0.1, -0.05) is 15.9 Å². The molecule has 1 fully saturated rings. The summed E-state index contributed by atoms with van der Waals surface area (Å²) in [5.41, 5.74) is 2.94. The second-order valence-electron chi connectivity index (χ2n) is 5.00. The van der Waals surface area contributed by atoms with E-state index in [1.54, 1.807) is 0 Å². The SMILES string of the molecule is CCN1CC(=Cc2csnn2)C(=O)C(=Cc2csnn2)C1C. The summed E-state index contributed by atoms with van der Waals surface area (Å²) in [5, 5.41) is 11.7. The van der Waals surface area contributed by atoms with Crippen molar-refractivity contribution in [3.05, 3.63) is 33.3 Å². The fourth-order valence-corrected chi connectivity index (χ4v) is 3.31. The lowest BCUT2D eigenvalue weighted by atomic mass is 9.90. The molecular formula is C14H15N5OS2. The molecule has 2 aromatic heterocycles. The number of aromatic nitrogens is 4. The molecule has 22 heavy (non-hydrogen) atoms. The van der Waals surface area contributed by atoms with E-state index >= 15 is 0 Å². The van der Waals surface area contributed by atoms with Gasteiger partial charge in [-0.15, -0.1) is 10.2 Å². The van der Waals surface area contributed by atoms with Gasteiger partial charge in [0.15, 0.2) is 5.78 Å². The molecule has 0 aromatic carbocycles. The third-order valence-corrected chi connectivity index (χ3v) is 4.76. The zero-order chi connectivity index (χ0) is 15.5. The second kappa shape index (κ2) is 6.55. The Labute approximate surface area is 136 Å². The zero-order valence-corrected chi connectivity index (χ0v) is 13.9. The van der Waals surface area contributed by atoms with Crippen LogP contribution in [-0.4, -0.2) is 49.0 Å². The largest absolute Gasteiger partial charge is 0.292 e. The Hall–Kier alpha value is -1.77. The predicted molar refractivity (Wildman–Crippen MR) is 87.5 cm³/mol. The second-order valence-corrected chi connectivity index (χ2v) is 6.22. The van der Waals surface area contributed by atoms with E-state index in [2.05, 4.69) is 31.0 Å². The van der Waals surface area contributed by atoms with E-state index in [1.807, 2.05) is 29.8 Å². The van der Waals surface area contributed by atoms with E-state index in [-0.39, 0.29) is 11.8 Å². The van der Waals surface area contributed by atoms with Crippen LogP contribution in [0.4, 0.5) is 0 Å². The summed E-state index contributed by atoms with van der Waals surface area (Å²) < 4.78 is 7.68. The number of nitrogens with zero attached hydrogens (tertiary/aromatic N) is 5. The number of carbonyl (C=O) groups excluding carboxylic acids is 1. The first-order valence-electron chi connectivity index (χ1n) is 6.94. The molecule has 2 aromatic rings. The molecule has 0 radical (unpaired) electrons. The maximum atomic E-state index is 12.8. The van der Waals surface area contributed by atoms with Crippen LogP contribution in [-0.2, 0) is 4.79 Å². The normalized spacial score (nSPS) is 23.5. The van der Waals surface area contributed by atoms with E-state index in [9.17, 15) is 4.79 Å². The molecule has 0 N–H and O–H groups in total. The lowest BCUT2D eigenvalue weighted by Gasteiger charge is -2.35. The summed E-state index contributed by atoms with van der Waals surface area (Å²) in [6.07, 6.45) is 3.67. The van der Waals surface area contributed by atoms with Gasteiger partial charge in [0.1, 0.15) is 0 Å². The Morgan fingerprint density at radius 2 is 1.86 bits per heavy atom. The van der Waals surface area contributed by atoms with Crippen LogP contribution in [0.5, 0.6) is 0 Å². The first kappa shape index (κ1) is 15.1. The Bertz CT molecular complexity index is 706. The average Bonchev–Trinajstić information content (AvgIpc) is 3.20. The number of Topliss-reactive ketones (excluding diaryl/α,β-unsaturated/α-hetero) is 1. The van der Waals surface area contributed by atoms with Gasteiger partial charge >= 0.3 is 0 Å². The molecule has 0 aliphatic carbocycles. The first-order valence-corrected chi connectivity index (χ1v) is 8.61. The molecule has 6 nitrogen and oxygen atoms in total. The minimum absolute atomic E-state index is 0.0539. The summed E-state index contributed by atoms with van der Waals surface area (Å²) >= 11 is 2.56. The summed E-state index contributed by atoms with van der Waals surface area (Å²) in [5.74, 6) is 0.0539. The third kappa shape index (κ3) is 3.03. The summed E-state index contributed by atoms with van der Waals surface area (Å²) in [6.45, 7) is 5.64. The van der Waals surface area contributed by atoms with Crippen molar-refractivity contribution in [2.45, 2.75) is 19.9 Å². The molecule has 1 atom stereocenters. The first-order chi connectivity index (χ1) is 10.7. The summed E-state index contributed by atoms with van der Waals surface area (Å²) in [7, 11) is 0. The van der Waals surface area contributed by atoms with E-state index in [1.165, 1.54) is 23.1 Å². The predicted octanol–water partition coefficient (Wildman–Crippen LogP) is 2.15. The van der Waals surface area contributed by atoms with Crippen molar-refractivity contribution in [1.29, 1.82) is 0 Å². The van der Waals surface area contributed by atoms with E-state index in [0.717, 1.165) is 29.1 Å². The van der Waals surface area contributed by atoms with Crippen LogP contribution >= 0.6 is 23.1 Å². The highest BCUT2D eigenvalue weighted by Gasteiger charge is 2.31. The van der Waals surface area contributed by atoms with Crippen molar-refractivity contribution in [2.24, 2.45) is 0 Å². The van der Waals surface area contributed by atoms with Crippen LogP contribution in [0, 0.1) is 0 Å². The molecule has 8 heteroatoms. The number of hydrogen-bond donors (Lipinski definition) is 0. The van der Waals surface area contributed by atoms with Crippen LogP contribution in [0.15, 0.2) is 21.9 Å². The van der Waals surface area contributed by atoms with Gasteiger partial charge in [0.2, 0.25) is 0 Å². The molecule has 3 rings (SSSR count). The van der Waals surface area contributed by atoms with Crippen LogP contribution in [0.1, 0.15) is 25.2 Å². The Balaban J connectivity index is 1.99. The molecule has 0 spiro atoms. The Morgan fingerprint density at radius 3 is 2.41 bits per heavy atom. The molecule has 3 heterocycles. The lowest BCUT2D eigenvalue weighted by molar-refractivity contribution is -0.114. The van der Waals surface area contributed by atoms with Crippen LogP contribution in [0.25, 0.3) is 12.2 Å². The number of likely N-dealkylation sites (tertiary alicyclic amines) is 1. The highest BCUT2D eigenvalue weighted by molar-refractivity contribution is 7.03. The minimum Gasteiger partial charge on any atom is -0.292 e. The van der Waals surface area contributed by atoms with E-state index in [0.29, 0.717) is 6.54 Å². The highest BCUT2D eigenvalue weighted by atomic mass is 32.1. The van der Waals surface area contributed by atoms with Gasteiger partial charge in [0.25, 0.3) is 0 Å². The van der Waals surface area contributed by atoms with E-state index in [4.69, 9.17) is 0 Å². The molecule has 1 aliphatic heterocycles. The van der Waals surface area contributed by atoms with Gasteiger partial charge in [-0.05, 0) is 48.7 Å². The van der Waals surface area contributed by atoms with Gasteiger partial charge in [0.05, 0.1) is 11.4 Å². The van der Waals surface area contributed by atoms with Gasteiger partial charge < -0.3 is 0 Å². The molecule has 114 valence electrons. The van der Waals surface area contributed by atoms with Crippen molar-refractivity contribution in [2.75, 3.05) is 13.1 Å². The van der Waals surface area contributed by atoms with Crippen molar-refractivity contribution < 1.29 is 4.79 Å². The minimum atomic E-state index is 0.0539. The van der Waals surface area contributed by atoms with Crippen molar-refractivity contribution in [3.8, 4) is 0 Å². The quantitative estimate of drug-likeness (QED) is 0.802. The number of piperidine rings is 1. The molecule has 0 bridgehead atoms. The standard InChI is InChI=1S/C14H15N5OS2/c1-3-19-6-10(4-11-7-21-17-15-11)14(20)13(9(19)2)5-12-8-22-18-16-12/h4-5,7-9H,3,6H2,1-2H3. The van der Waals surface area contributed by atoms with Crippen molar-refractivity contribution >= 4 is 41.0 Å². The molecule has 0 amide bonds. The van der Waals surface area contributed by atoms with Gasteiger partial charge in [-0.25, -0.2) is 0 Å². The number of rotatable bonds is 3. The fourth-order valence-electron chi connectivity index (χ4n) is 2.49. The molecule has 1 unspecified atom stereocenters. The van der Waals surface area contributed by atoms with Crippen LogP contribution < -0.4 is 0 Å². The van der Waals surface area contributed by atoms with Crippen LogP contribution in [0.3, 0.4) is 0 Å². The summed E-state index contributed by atoms with van der Waals surface area (Å²) in [6, 6.07) is 0.0601. The Kier molecular flexibility index (Phi) is 4.51. The lowest BCUT2D eigenvalue weighted by Crippen LogP contribution is -2.44. The third-order valence-electron chi connectivity index (χ3n) is 3.71. The zero-order valence-electron chi connectivity index (χ0n) is 12.3. The van der Waals surface area contributed by atoms with Gasteiger partial charge in [-0.3, -0.25) is 9.69 Å². The fraction of sp³-hybridized carbons (Fsp3) is 0.357. The average molecular weight is 333 g/mol. The number of hydrogen-bond acceptors (Lipinski definition) is 8. The number of ketones is 1. The smallest absolute Gasteiger partial charge is 0.188 e. The maximum absolute atomic E-state index is 12.8. The molecular weight excluding hydrogens is 318 g/mol. The van der Waals surface area contributed by atoms with Crippen LogP contribution in [0.2, 0.25) is 0 Å². The van der Waals surface area contributed by atoms with Crippen molar-refractivity contribution in [1.82, 2.24) is 24.1 Å². The molecule has 0 saturated carbocycles. The summed E-state index contributed by atoms with van der Waals surface area (Å²) in [4.78, 5) is 15.0. The molecule has 1 saturated heterocycles. The topological polar surface area (TPSA) is 71.9 Å². The molecule has 1 aliphatic rings. The Morgan fingerprint density at radius 1 is 1.23 bits per heavy atom. The number of carbonyl (C=O) groups is 1. The van der Waals surface area contributed by atoms with E-state index < -0.39 is 0 Å².